The van der Waals surface area contributed by atoms with Crippen molar-refractivity contribution in [2.45, 2.75) is 0 Å². The average Bonchev–Trinajstić information content (AvgIpc) is 1.88. The Balaban J connectivity index is 0.000001000. The van der Waals surface area contributed by atoms with Gasteiger partial charge in [0, 0.05) is 0 Å². The summed E-state index contributed by atoms with van der Waals surface area (Å²) in [5.41, 5.74) is 0. The molecule has 1 N–H and O–H groups in total. The predicted molar refractivity (Wildman–Crippen MR) is 42.2 cm³/mol. The zero-order chi connectivity index (χ0) is 7.40. The van der Waals surface area contributed by atoms with Crippen LogP contribution in [0.2, 0.25) is 0 Å². The molecule has 1 rings (SSSR count). The Morgan fingerprint density at radius 3 is 2.27 bits per heavy atom. The number of hydrogen-bond acceptors (Lipinski definition) is 2. The van der Waals surface area contributed by atoms with Crippen molar-refractivity contribution >= 4 is 35.7 Å². The summed E-state index contributed by atoms with van der Waals surface area (Å²) in [4.78, 5) is 9.95. The summed E-state index contributed by atoms with van der Waals surface area (Å²) < 4.78 is 4.33. The Kier molecular flexibility index (Phi) is 4.94. The van der Waals surface area contributed by atoms with Crippen LogP contribution in [0, 0.1) is 0 Å². The molecule has 1 aromatic carbocycles. The fourth-order valence-corrected chi connectivity index (χ4v) is 0.589. The first-order valence-corrected chi connectivity index (χ1v) is 2.75. The van der Waals surface area contributed by atoms with Crippen LogP contribution in [0.25, 0.3) is 0 Å². The molecule has 4 heteroatoms. The van der Waals surface area contributed by atoms with Gasteiger partial charge in [-0.05, 0) is 12.1 Å². The number of rotatable bonds is 1. The Bertz CT molecular complexity index is 222. The van der Waals surface area contributed by atoms with Gasteiger partial charge in [0.1, 0.15) is 5.75 Å². The van der Waals surface area contributed by atoms with Crippen molar-refractivity contribution in [3.8, 4) is 5.75 Å². The van der Waals surface area contributed by atoms with E-state index in [1.807, 2.05) is 0 Å². The predicted octanol–water partition coefficient (Wildman–Crippen LogP) is 1.09. The molecule has 0 fully saturated rings. The Morgan fingerprint density at radius 1 is 1.27 bits per heavy atom. The zero-order valence-corrected chi connectivity index (χ0v) is 5.15. The van der Waals surface area contributed by atoms with Gasteiger partial charge in [-0.15, -0.1) is 0 Å². The minimum atomic E-state index is -1.29. The molecule has 0 spiro atoms. The van der Waals surface area contributed by atoms with Gasteiger partial charge in [0.15, 0.2) is 0 Å². The fraction of sp³-hybridized carbons (Fsp3) is 0. The van der Waals surface area contributed by atoms with E-state index in [-0.39, 0.29) is 29.6 Å². The molecule has 0 amide bonds. The number of para-hydroxylation sites is 1. The quantitative estimate of drug-likeness (QED) is 0.382. The van der Waals surface area contributed by atoms with E-state index in [0.29, 0.717) is 5.75 Å². The summed E-state index contributed by atoms with van der Waals surface area (Å²) in [6.45, 7) is 0. The van der Waals surface area contributed by atoms with E-state index >= 15 is 0 Å². The van der Waals surface area contributed by atoms with E-state index in [4.69, 9.17) is 5.11 Å². The maximum atomic E-state index is 9.95. The summed E-state index contributed by atoms with van der Waals surface area (Å²) in [7, 11) is 0. The van der Waals surface area contributed by atoms with Crippen LogP contribution in [0.4, 0.5) is 4.79 Å². The molecule has 0 aliphatic rings. The minimum absolute atomic E-state index is 0. The van der Waals surface area contributed by atoms with Crippen LogP contribution in [0.1, 0.15) is 0 Å². The Morgan fingerprint density at radius 2 is 1.82 bits per heavy atom. The van der Waals surface area contributed by atoms with Crippen LogP contribution in [-0.4, -0.2) is 40.8 Å². The van der Waals surface area contributed by atoms with Gasteiger partial charge in [0.2, 0.25) is 0 Å². The molecule has 0 atom stereocenters. The van der Waals surface area contributed by atoms with E-state index in [2.05, 4.69) is 4.74 Å². The summed E-state index contributed by atoms with van der Waals surface area (Å²) in [6.07, 6.45) is -1.29. The first kappa shape index (κ1) is 10.5. The van der Waals surface area contributed by atoms with Crippen molar-refractivity contribution in [1.29, 1.82) is 0 Å². The summed E-state index contributed by atoms with van der Waals surface area (Å²) in [6, 6.07) is 8.35. The van der Waals surface area contributed by atoms with Gasteiger partial charge < -0.3 is 9.84 Å². The third-order valence-electron chi connectivity index (χ3n) is 0.948. The molecule has 0 aliphatic heterocycles. The Labute approximate surface area is 86.3 Å². The fourth-order valence-electron chi connectivity index (χ4n) is 0.589. The Hall–Kier alpha value is -0.510. The number of carbonyl (C=O) groups is 1. The average molecular weight is 162 g/mol. The summed E-state index contributed by atoms with van der Waals surface area (Å²) >= 11 is 0. The second kappa shape index (κ2) is 5.18. The van der Waals surface area contributed by atoms with Gasteiger partial charge in [-0.25, -0.2) is 4.79 Å². The normalized spacial score (nSPS) is 8.00. The molecule has 11 heavy (non-hydrogen) atoms. The van der Waals surface area contributed by atoms with Crippen molar-refractivity contribution < 1.29 is 14.6 Å². The molecular formula is C7H7NaO3. The van der Waals surface area contributed by atoms with Gasteiger partial charge >= 0.3 is 35.7 Å². The van der Waals surface area contributed by atoms with Gasteiger partial charge in [-0.2, -0.15) is 0 Å². The molecule has 0 saturated carbocycles. The molecule has 0 aliphatic carbocycles. The molecule has 0 heterocycles. The third-order valence-corrected chi connectivity index (χ3v) is 0.948. The molecule has 0 unspecified atom stereocenters. The molecule has 0 aromatic heterocycles. The van der Waals surface area contributed by atoms with Crippen molar-refractivity contribution in [1.82, 2.24) is 0 Å². The van der Waals surface area contributed by atoms with Gasteiger partial charge in [0.25, 0.3) is 0 Å². The maximum absolute atomic E-state index is 9.95. The second-order valence-corrected chi connectivity index (χ2v) is 1.68. The number of ether oxygens (including phenoxy) is 1. The van der Waals surface area contributed by atoms with Gasteiger partial charge in [0.05, 0.1) is 0 Å². The van der Waals surface area contributed by atoms with Crippen LogP contribution in [0.15, 0.2) is 30.3 Å². The summed E-state index contributed by atoms with van der Waals surface area (Å²) in [5, 5.41) is 8.14. The van der Waals surface area contributed by atoms with E-state index in [1.54, 1.807) is 30.3 Å². The van der Waals surface area contributed by atoms with Crippen molar-refractivity contribution in [3.05, 3.63) is 30.3 Å². The number of carboxylic acid groups (broad SMARTS) is 1. The summed E-state index contributed by atoms with van der Waals surface area (Å²) in [5.74, 6) is 0.343. The number of benzene rings is 1. The molecule has 0 saturated heterocycles. The van der Waals surface area contributed by atoms with E-state index in [1.165, 1.54) is 0 Å². The SMILES string of the molecule is O=C(O)Oc1ccccc1.[NaH]. The van der Waals surface area contributed by atoms with Crippen LogP contribution >= 0.6 is 0 Å². The zero-order valence-electron chi connectivity index (χ0n) is 5.15. The van der Waals surface area contributed by atoms with E-state index in [9.17, 15) is 4.79 Å². The van der Waals surface area contributed by atoms with Gasteiger partial charge in [-0.1, -0.05) is 18.2 Å². The van der Waals surface area contributed by atoms with Crippen LogP contribution in [0.3, 0.4) is 0 Å². The van der Waals surface area contributed by atoms with E-state index < -0.39 is 6.16 Å². The van der Waals surface area contributed by atoms with Gasteiger partial charge in [-0.3, -0.25) is 0 Å². The first-order chi connectivity index (χ1) is 4.79. The van der Waals surface area contributed by atoms with Crippen molar-refractivity contribution in [3.63, 3.8) is 0 Å². The van der Waals surface area contributed by atoms with Crippen LogP contribution < -0.4 is 4.74 Å². The van der Waals surface area contributed by atoms with Crippen molar-refractivity contribution in [2.75, 3.05) is 0 Å². The van der Waals surface area contributed by atoms with Crippen LogP contribution in [-0.2, 0) is 0 Å². The molecule has 0 radical (unpaired) electrons. The third kappa shape index (κ3) is 4.03. The van der Waals surface area contributed by atoms with Crippen molar-refractivity contribution in [2.24, 2.45) is 0 Å². The second-order valence-electron chi connectivity index (χ2n) is 1.68. The van der Waals surface area contributed by atoms with Crippen LogP contribution in [0.5, 0.6) is 5.75 Å². The number of hydrogen-bond donors (Lipinski definition) is 1. The monoisotopic (exact) mass is 162 g/mol. The van der Waals surface area contributed by atoms with E-state index in [0.717, 1.165) is 0 Å². The molecule has 54 valence electrons. The molecule has 1 aromatic rings. The molecule has 3 nitrogen and oxygen atoms in total. The molecule has 0 bridgehead atoms. The molecular weight excluding hydrogens is 155 g/mol. The standard InChI is InChI=1S/C7H6O3.Na.H/c8-7(9)10-6-4-2-1-3-5-6;;/h1-5H,(H,8,9);;. The topological polar surface area (TPSA) is 46.5 Å². The first-order valence-electron chi connectivity index (χ1n) is 2.75.